The van der Waals surface area contributed by atoms with E-state index >= 15 is 0 Å². The van der Waals surface area contributed by atoms with E-state index in [2.05, 4.69) is 5.32 Å². The molecule has 1 aliphatic rings. The number of anilines is 1. The minimum atomic E-state index is -3.90. The lowest BCUT2D eigenvalue weighted by Crippen LogP contribution is -2.52. The van der Waals surface area contributed by atoms with Gasteiger partial charge in [-0.2, -0.15) is 0 Å². The molecule has 0 spiro atoms. The number of benzene rings is 2. The van der Waals surface area contributed by atoms with Gasteiger partial charge in [0, 0.05) is 24.2 Å². The Bertz CT molecular complexity index is 1200. The average molecular weight is 522 g/mol. The molecule has 3 rings (SSSR count). The van der Waals surface area contributed by atoms with Gasteiger partial charge in [0.05, 0.1) is 11.4 Å². The first-order chi connectivity index (χ1) is 17.0. The molecule has 2 amide bonds. The number of hydrogen-bond acceptors (Lipinski definition) is 6. The van der Waals surface area contributed by atoms with Crippen molar-refractivity contribution in [2.45, 2.75) is 46.3 Å². The minimum absolute atomic E-state index is 0.181. The van der Waals surface area contributed by atoms with Crippen LogP contribution in [0.1, 0.15) is 33.3 Å². The fourth-order valence-electron chi connectivity index (χ4n) is 3.70. The van der Waals surface area contributed by atoms with Gasteiger partial charge in [-0.1, -0.05) is 18.2 Å². The molecule has 1 aliphatic heterocycles. The molecule has 1 N–H and O–H groups in total. The Morgan fingerprint density at radius 1 is 1.06 bits per heavy atom. The normalized spacial score (nSPS) is 13.7. The van der Waals surface area contributed by atoms with Gasteiger partial charge in [-0.25, -0.2) is 12.8 Å². The Morgan fingerprint density at radius 2 is 1.72 bits per heavy atom. The average Bonchev–Trinajstić information content (AvgIpc) is 2.85. The highest BCUT2D eigenvalue weighted by atomic mass is 32.2. The number of hydrogen-bond donors (Lipinski definition) is 1. The Balaban J connectivity index is 1.96. The molecule has 2 aromatic rings. The number of fused-ring (bicyclic) bond motifs is 1. The van der Waals surface area contributed by atoms with E-state index in [1.165, 1.54) is 49.1 Å². The molecule has 1 heterocycles. The molecule has 36 heavy (non-hydrogen) atoms. The zero-order valence-electron chi connectivity index (χ0n) is 20.9. The Kier molecular flexibility index (Phi) is 8.78. The summed E-state index contributed by atoms with van der Waals surface area (Å²) in [6.45, 7) is 6.47. The maximum atomic E-state index is 14.4. The molecule has 0 saturated heterocycles. The van der Waals surface area contributed by atoms with E-state index < -0.39 is 40.2 Å². The van der Waals surface area contributed by atoms with Gasteiger partial charge in [-0.05, 0) is 45.9 Å². The number of ether oxygens (including phenoxy) is 2. The molecule has 0 aromatic heterocycles. The maximum Gasteiger partial charge on any atom is 0.244 e. The van der Waals surface area contributed by atoms with Gasteiger partial charge in [0.1, 0.15) is 31.6 Å². The number of nitrogens with one attached hydrogen (secondary N) is 1. The molecule has 196 valence electrons. The van der Waals surface area contributed by atoms with E-state index in [4.69, 9.17) is 9.47 Å². The zero-order valence-corrected chi connectivity index (χ0v) is 21.7. The largest absolute Gasteiger partial charge is 0.486 e. The number of nitrogens with zero attached hydrogens (tertiary/aromatic N) is 2. The summed E-state index contributed by atoms with van der Waals surface area (Å²) in [7, 11) is -3.90. The number of amides is 2. The van der Waals surface area contributed by atoms with Crippen LogP contribution in [0.2, 0.25) is 0 Å². The molecule has 0 radical (unpaired) electrons. The van der Waals surface area contributed by atoms with Crippen molar-refractivity contribution < 1.29 is 31.9 Å². The van der Waals surface area contributed by atoms with Gasteiger partial charge in [0.2, 0.25) is 21.8 Å². The topological polar surface area (TPSA) is 105 Å². The van der Waals surface area contributed by atoms with Crippen LogP contribution < -0.4 is 19.1 Å². The maximum absolute atomic E-state index is 14.4. The summed E-state index contributed by atoms with van der Waals surface area (Å²) in [4.78, 5) is 27.6. The fraction of sp³-hybridized carbons (Fsp3) is 0.440. The molecule has 0 aliphatic carbocycles. The van der Waals surface area contributed by atoms with E-state index in [-0.39, 0.29) is 29.6 Å². The van der Waals surface area contributed by atoms with Crippen LogP contribution in [0.5, 0.6) is 11.5 Å². The van der Waals surface area contributed by atoms with Gasteiger partial charge in [-0.15, -0.1) is 0 Å². The molecule has 9 nitrogen and oxygen atoms in total. The van der Waals surface area contributed by atoms with Gasteiger partial charge < -0.3 is 19.7 Å². The van der Waals surface area contributed by atoms with Crippen LogP contribution in [0.4, 0.5) is 10.1 Å². The number of carbonyl (C=O) groups excluding carboxylic acids is 2. The summed E-state index contributed by atoms with van der Waals surface area (Å²) in [6.07, 6.45) is 0. The molecule has 2 aromatic carbocycles. The lowest BCUT2D eigenvalue weighted by atomic mass is 10.1. The molecule has 11 heteroatoms. The second-order valence-electron chi connectivity index (χ2n) is 8.69. The molecular weight excluding hydrogens is 489 g/mol. The summed E-state index contributed by atoms with van der Waals surface area (Å²) in [5.41, 5.74) is 0.429. The first-order valence-corrected chi connectivity index (χ1v) is 13.4. The van der Waals surface area contributed by atoms with Crippen molar-refractivity contribution >= 4 is 27.5 Å². The molecule has 1 atom stereocenters. The van der Waals surface area contributed by atoms with Crippen LogP contribution >= 0.6 is 0 Å². The second-order valence-corrected chi connectivity index (χ2v) is 10.9. The molecule has 1 unspecified atom stereocenters. The van der Waals surface area contributed by atoms with Crippen molar-refractivity contribution in [2.24, 2.45) is 0 Å². The smallest absolute Gasteiger partial charge is 0.244 e. The predicted octanol–water partition coefficient (Wildman–Crippen LogP) is 2.69. The van der Waals surface area contributed by atoms with Crippen molar-refractivity contribution in [1.29, 1.82) is 0 Å². The van der Waals surface area contributed by atoms with Crippen LogP contribution in [0, 0.1) is 5.82 Å². The lowest BCUT2D eigenvalue weighted by Gasteiger charge is -2.32. The zero-order chi connectivity index (χ0) is 26.5. The van der Waals surface area contributed by atoms with Crippen molar-refractivity contribution in [3.05, 3.63) is 53.8 Å². The lowest BCUT2D eigenvalue weighted by molar-refractivity contribution is -0.139. The standard InChI is InChI=1S/C25H32FN3O6S/c1-5-36(32,33)29(20-10-11-22-23(14-20)35-13-12-34-22)16-24(30)28(18(4)25(31)27-17(2)3)15-19-8-6-7-9-21(19)26/h6-11,14,17-18H,5,12-13,15-16H2,1-4H3,(H,27,31). The summed E-state index contributed by atoms with van der Waals surface area (Å²) >= 11 is 0. The van der Waals surface area contributed by atoms with Gasteiger partial charge in [0.25, 0.3) is 0 Å². The number of rotatable bonds is 10. The molecule has 0 saturated carbocycles. The SMILES string of the molecule is CCS(=O)(=O)N(CC(=O)N(Cc1ccccc1F)C(C)C(=O)NC(C)C)c1ccc2c(c1)OCCO2. The first kappa shape index (κ1) is 27.3. The van der Waals surface area contributed by atoms with E-state index in [9.17, 15) is 22.4 Å². The van der Waals surface area contributed by atoms with E-state index in [1.54, 1.807) is 26.0 Å². The van der Waals surface area contributed by atoms with Gasteiger partial charge >= 0.3 is 0 Å². The third kappa shape index (κ3) is 6.45. The monoisotopic (exact) mass is 521 g/mol. The van der Waals surface area contributed by atoms with Crippen LogP contribution in [-0.2, 0) is 26.2 Å². The van der Waals surface area contributed by atoms with Gasteiger partial charge in [0.15, 0.2) is 11.5 Å². The quantitative estimate of drug-likeness (QED) is 0.516. The van der Waals surface area contributed by atoms with Crippen molar-refractivity contribution in [3.63, 3.8) is 0 Å². The van der Waals surface area contributed by atoms with Crippen molar-refractivity contribution in [3.8, 4) is 11.5 Å². The van der Waals surface area contributed by atoms with Crippen LogP contribution in [0.3, 0.4) is 0 Å². The second kappa shape index (κ2) is 11.6. The number of sulfonamides is 1. The van der Waals surface area contributed by atoms with Crippen molar-refractivity contribution in [2.75, 3.05) is 29.8 Å². The third-order valence-electron chi connectivity index (χ3n) is 5.69. The van der Waals surface area contributed by atoms with Crippen molar-refractivity contribution in [1.82, 2.24) is 10.2 Å². The summed E-state index contributed by atoms with van der Waals surface area (Å²) in [5, 5.41) is 2.75. The van der Waals surface area contributed by atoms with Crippen LogP contribution in [-0.4, -0.2) is 62.7 Å². The molecule has 0 fully saturated rings. The minimum Gasteiger partial charge on any atom is -0.486 e. The Morgan fingerprint density at radius 3 is 2.36 bits per heavy atom. The summed E-state index contributed by atoms with van der Waals surface area (Å²) in [6, 6.07) is 9.40. The third-order valence-corrected chi connectivity index (χ3v) is 7.43. The van der Waals surface area contributed by atoms with Crippen LogP contribution in [0.15, 0.2) is 42.5 Å². The summed E-state index contributed by atoms with van der Waals surface area (Å²) in [5.74, 6) is -1.03. The Labute approximate surface area is 211 Å². The molecule has 0 bridgehead atoms. The highest BCUT2D eigenvalue weighted by molar-refractivity contribution is 7.92. The first-order valence-electron chi connectivity index (χ1n) is 11.8. The highest BCUT2D eigenvalue weighted by Gasteiger charge is 2.32. The van der Waals surface area contributed by atoms with E-state index in [0.29, 0.717) is 24.7 Å². The van der Waals surface area contributed by atoms with E-state index in [0.717, 1.165) is 4.31 Å². The number of halogens is 1. The molecular formula is C25H32FN3O6S. The summed E-state index contributed by atoms with van der Waals surface area (Å²) < 4.78 is 52.6. The van der Waals surface area contributed by atoms with Crippen LogP contribution in [0.25, 0.3) is 0 Å². The number of carbonyl (C=O) groups is 2. The Hall–Kier alpha value is -3.34. The fourth-order valence-corrected chi connectivity index (χ4v) is 4.76. The van der Waals surface area contributed by atoms with E-state index in [1.807, 2.05) is 0 Å². The highest BCUT2D eigenvalue weighted by Crippen LogP contribution is 2.35. The van der Waals surface area contributed by atoms with Gasteiger partial charge in [-0.3, -0.25) is 13.9 Å². The predicted molar refractivity (Wildman–Crippen MR) is 134 cm³/mol.